The van der Waals surface area contributed by atoms with Crippen LogP contribution in [0.15, 0.2) is 16.6 Å². The number of methoxy groups -OCH3 is 1. The highest BCUT2D eigenvalue weighted by Crippen LogP contribution is 2.64. The van der Waals surface area contributed by atoms with Gasteiger partial charge >= 0.3 is 0 Å². The van der Waals surface area contributed by atoms with Crippen LogP contribution in [-0.2, 0) is 16.1 Å². The average molecular weight is 355 g/mol. The van der Waals surface area contributed by atoms with Gasteiger partial charge in [-0.1, -0.05) is 0 Å². The maximum atomic E-state index is 13.1. The Morgan fingerprint density at radius 1 is 1.43 bits per heavy atom. The summed E-state index contributed by atoms with van der Waals surface area (Å²) in [4.78, 5) is 18.2. The van der Waals surface area contributed by atoms with Crippen LogP contribution >= 0.6 is 22.9 Å². The summed E-state index contributed by atoms with van der Waals surface area (Å²) in [6.07, 6.45) is 8.21. The lowest BCUT2D eigenvalue weighted by molar-refractivity contribution is -0.141. The van der Waals surface area contributed by atoms with Crippen LogP contribution in [-0.4, -0.2) is 29.1 Å². The molecule has 0 saturated heterocycles. The first kappa shape index (κ1) is 15.9. The lowest BCUT2D eigenvalue weighted by Gasteiger charge is -2.58. The number of aromatic nitrogens is 1. The number of amides is 1. The van der Waals surface area contributed by atoms with Crippen molar-refractivity contribution >= 4 is 28.8 Å². The van der Waals surface area contributed by atoms with E-state index in [9.17, 15) is 4.79 Å². The van der Waals surface area contributed by atoms with E-state index in [2.05, 4.69) is 4.99 Å². The van der Waals surface area contributed by atoms with Crippen LogP contribution in [0.4, 0.5) is 0 Å². The molecule has 4 nitrogen and oxygen atoms in total. The molecule has 126 valence electrons. The second-order valence-electron chi connectivity index (χ2n) is 7.68. The molecule has 4 aliphatic carbocycles. The Kier molecular flexibility index (Phi) is 3.94. The number of alkyl halides is 1. The topological polar surface area (TPSA) is 43.6 Å². The molecule has 1 heterocycles. The van der Waals surface area contributed by atoms with Gasteiger partial charge in [0.25, 0.3) is 5.91 Å². The number of carbonyl (C=O) groups excluding carboxylic acids is 1. The number of thiazole rings is 1. The quantitative estimate of drug-likeness (QED) is 0.779. The predicted molar refractivity (Wildman–Crippen MR) is 90.5 cm³/mol. The third kappa shape index (κ3) is 2.81. The molecule has 0 N–H and O–H groups in total. The van der Waals surface area contributed by atoms with Gasteiger partial charge in [-0.2, -0.15) is 4.99 Å². The Hall–Kier alpha value is -0.650. The van der Waals surface area contributed by atoms with Crippen LogP contribution in [0.25, 0.3) is 0 Å². The zero-order valence-corrected chi connectivity index (χ0v) is 15.0. The summed E-state index contributed by atoms with van der Waals surface area (Å²) in [5, 5.41) is 1.98. The molecular weight excluding hydrogens is 332 g/mol. The third-order valence-electron chi connectivity index (χ3n) is 5.84. The monoisotopic (exact) mass is 354 g/mol. The zero-order valence-electron chi connectivity index (χ0n) is 13.5. The first-order chi connectivity index (χ1) is 11.0. The molecule has 2 atom stereocenters. The summed E-state index contributed by atoms with van der Waals surface area (Å²) in [5.74, 6) is 1.30. The number of halogens is 1. The van der Waals surface area contributed by atoms with Crippen molar-refractivity contribution in [1.82, 2.24) is 4.57 Å². The molecule has 0 spiro atoms. The minimum absolute atomic E-state index is 0.0604. The van der Waals surface area contributed by atoms with Crippen LogP contribution in [0.5, 0.6) is 0 Å². The van der Waals surface area contributed by atoms with Crippen LogP contribution in [0.1, 0.15) is 38.5 Å². The molecule has 0 aliphatic heterocycles. The molecule has 4 fully saturated rings. The molecule has 23 heavy (non-hydrogen) atoms. The van der Waals surface area contributed by atoms with Gasteiger partial charge in [0.15, 0.2) is 4.80 Å². The number of carbonyl (C=O) groups is 1. The van der Waals surface area contributed by atoms with Gasteiger partial charge in [0.2, 0.25) is 0 Å². The summed E-state index contributed by atoms with van der Waals surface area (Å²) in [5.41, 5.74) is -0.297. The zero-order chi connectivity index (χ0) is 16.1. The van der Waals surface area contributed by atoms with Gasteiger partial charge in [0, 0.05) is 30.1 Å². The van der Waals surface area contributed by atoms with Gasteiger partial charge < -0.3 is 9.30 Å². The average Bonchev–Trinajstić information content (AvgIpc) is 2.89. The minimum atomic E-state index is -0.297. The van der Waals surface area contributed by atoms with Crippen molar-refractivity contribution < 1.29 is 9.53 Å². The standard InChI is InChI=1S/C17H23ClN2O2S/c1-22-4-2-20-3-5-23-15(20)19-14(21)16-7-12-6-13(8-16)10-17(18,9-12)11-16/h3,5,12-13H,2,4,6-11H2,1H3/b19-15-. The summed E-state index contributed by atoms with van der Waals surface area (Å²) >= 11 is 8.35. The maximum absolute atomic E-state index is 13.1. The molecule has 1 aromatic rings. The van der Waals surface area contributed by atoms with Crippen molar-refractivity contribution in [3.05, 3.63) is 16.4 Å². The van der Waals surface area contributed by atoms with E-state index in [4.69, 9.17) is 16.3 Å². The largest absolute Gasteiger partial charge is 0.383 e. The van der Waals surface area contributed by atoms with E-state index < -0.39 is 0 Å². The minimum Gasteiger partial charge on any atom is -0.383 e. The highest BCUT2D eigenvalue weighted by Gasteiger charge is 2.60. The molecule has 2 unspecified atom stereocenters. The van der Waals surface area contributed by atoms with Gasteiger partial charge in [0.05, 0.1) is 12.0 Å². The van der Waals surface area contributed by atoms with Crippen molar-refractivity contribution in [1.29, 1.82) is 0 Å². The van der Waals surface area contributed by atoms with E-state index in [1.165, 1.54) is 17.8 Å². The molecule has 1 amide bonds. The SMILES string of the molecule is COCCn1ccs/c1=N\C(=O)C12CC3CC(CC(Cl)(C3)C1)C2. The van der Waals surface area contributed by atoms with Crippen molar-refractivity contribution in [2.24, 2.45) is 22.2 Å². The van der Waals surface area contributed by atoms with Gasteiger partial charge in [0.1, 0.15) is 0 Å². The Morgan fingerprint density at radius 3 is 2.83 bits per heavy atom. The maximum Gasteiger partial charge on any atom is 0.254 e. The van der Waals surface area contributed by atoms with E-state index in [1.807, 2.05) is 16.1 Å². The Balaban J connectivity index is 1.62. The molecule has 4 aliphatic rings. The molecule has 0 aromatic carbocycles. The first-order valence-corrected chi connectivity index (χ1v) is 9.69. The van der Waals surface area contributed by atoms with Gasteiger partial charge in [-0.05, 0) is 50.4 Å². The number of rotatable bonds is 4. The molecule has 0 radical (unpaired) electrons. The lowest BCUT2D eigenvalue weighted by atomic mass is 9.49. The molecular formula is C17H23ClN2O2S. The molecule has 4 saturated carbocycles. The number of ether oxygens (including phenoxy) is 1. The Bertz CT molecular complexity index is 666. The smallest absolute Gasteiger partial charge is 0.254 e. The van der Waals surface area contributed by atoms with E-state index in [-0.39, 0.29) is 16.2 Å². The fourth-order valence-electron chi connectivity index (χ4n) is 5.35. The summed E-state index contributed by atoms with van der Waals surface area (Å²) in [6, 6.07) is 0. The number of hydrogen-bond acceptors (Lipinski definition) is 3. The van der Waals surface area contributed by atoms with Crippen LogP contribution in [0, 0.1) is 17.3 Å². The van der Waals surface area contributed by atoms with Gasteiger partial charge in [-0.3, -0.25) is 4.79 Å². The van der Waals surface area contributed by atoms with Crippen molar-refractivity contribution in [2.45, 2.75) is 49.9 Å². The van der Waals surface area contributed by atoms with Crippen molar-refractivity contribution in [3.8, 4) is 0 Å². The van der Waals surface area contributed by atoms with E-state index in [0.29, 0.717) is 18.4 Å². The Morgan fingerprint density at radius 2 is 2.17 bits per heavy atom. The highest BCUT2D eigenvalue weighted by atomic mass is 35.5. The fourth-order valence-corrected chi connectivity index (χ4v) is 6.80. The van der Waals surface area contributed by atoms with Crippen LogP contribution < -0.4 is 4.80 Å². The number of nitrogens with zero attached hydrogens (tertiary/aromatic N) is 2. The molecule has 5 rings (SSSR count). The lowest BCUT2D eigenvalue weighted by Crippen LogP contribution is -2.55. The van der Waals surface area contributed by atoms with Gasteiger partial charge in [-0.15, -0.1) is 22.9 Å². The van der Waals surface area contributed by atoms with E-state index in [1.54, 1.807) is 7.11 Å². The highest BCUT2D eigenvalue weighted by molar-refractivity contribution is 7.07. The summed E-state index contributed by atoms with van der Waals surface area (Å²) in [6.45, 7) is 1.35. The number of hydrogen-bond donors (Lipinski definition) is 0. The van der Waals surface area contributed by atoms with Crippen molar-refractivity contribution in [2.75, 3.05) is 13.7 Å². The van der Waals surface area contributed by atoms with Gasteiger partial charge in [-0.25, -0.2) is 0 Å². The third-order valence-corrected chi connectivity index (χ3v) is 7.07. The van der Waals surface area contributed by atoms with E-state index >= 15 is 0 Å². The second kappa shape index (κ2) is 5.71. The molecule has 1 aromatic heterocycles. The fraction of sp³-hybridized carbons (Fsp3) is 0.765. The normalized spacial score (nSPS) is 39.1. The summed E-state index contributed by atoms with van der Waals surface area (Å²) < 4.78 is 7.13. The molecule has 6 heteroatoms. The van der Waals surface area contributed by atoms with E-state index in [0.717, 1.165) is 43.5 Å². The first-order valence-electron chi connectivity index (χ1n) is 8.43. The Labute approximate surface area is 145 Å². The molecule has 4 bridgehead atoms. The second-order valence-corrected chi connectivity index (χ2v) is 9.36. The van der Waals surface area contributed by atoms with Crippen molar-refractivity contribution in [3.63, 3.8) is 0 Å². The summed E-state index contributed by atoms with van der Waals surface area (Å²) in [7, 11) is 1.68. The van der Waals surface area contributed by atoms with Crippen LogP contribution in [0.3, 0.4) is 0 Å². The predicted octanol–water partition coefficient (Wildman–Crippen LogP) is 3.20. The van der Waals surface area contributed by atoms with Crippen LogP contribution in [0.2, 0.25) is 0 Å².